The largest absolute Gasteiger partial charge is 0.351 e. The number of hydrogen-bond donors (Lipinski definition) is 0. The number of ether oxygens (including phenoxy) is 1. The smallest absolute Gasteiger partial charge is 0.268 e. The number of hydrogen-bond acceptors (Lipinski definition) is 2. The number of nitrogens with zero attached hydrogens (tertiary/aromatic N) is 1. The van der Waals surface area contributed by atoms with E-state index in [4.69, 9.17) is 16.3 Å². The summed E-state index contributed by atoms with van der Waals surface area (Å²) < 4.78 is 6.15. The normalized spacial score (nSPS) is 24.0. The first kappa shape index (κ1) is 16.1. The molecule has 0 radical (unpaired) electrons. The topological polar surface area (TPSA) is 29.5 Å². The van der Waals surface area contributed by atoms with Crippen molar-refractivity contribution in [2.45, 2.75) is 12.5 Å². The third-order valence-electron chi connectivity index (χ3n) is 4.93. The minimum atomic E-state index is -1.09. The quantitative estimate of drug-likeness (QED) is 0.753. The van der Waals surface area contributed by atoms with Crippen molar-refractivity contribution in [2.75, 3.05) is 18.6 Å². The van der Waals surface area contributed by atoms with Crippen molar-refractivity contribution in [1.29, 1.82) is 0 Å². The summed E-state index contributed by atoms with van der Waals surface area (Å²) in [6.07, 6.45) is 3.99. The fraction of sp³-hybridized carbons (Fsp3) is 0.190. The number of allylic oxidation sites excluding steroid dienone is 1. The molecule has 0 saturated carbocycles. The summed E-state index contributed by atoms with van der Waals surface area (Å²) in [6.45, 7) is 2.31. The zero-order chi connectivity index (χ0) is 17.6. The maximum absolute atomic E-state index is 13.3. The molecule has 0 N–H and O–H groups in total. The van der Waals surface area contributed by atoms with E-state index in [-0.39, 0.29) is 5.91 Å². The van der Waals surface area contributed by atoms with Crippen molar-refractivity contribution in [2.24, 2.45) is 0 Å². The molecule has 1 atom stereocenters. The molecule has 0 fully saturated rings. The van der Waals surface area contributed by atoms with E-state index in [0.717, 1.165) is 28.0 Å². The molecule has 0 aromatic heterocycles. The van der Waals surface area contributed by atoms with E-state index in [1.54, 1.807) is 11.9 Å². The highest BCUT2D eigenvalue weighted by Crippen LogP contribution is 2.51. The molecule has 1 spiro atoms. The second-order valence-electron chi connectivity index (χ2n) is 6.20. The number of amides is 1. The molecule has 1 amide bonds. The van der Waals surface area contributed by atoms with Crippen LogP contribution in [0, 0.1) is 0 Å². The van der Waals surface area contributed by atoms with Gasteiger partial charge < -0.3 is 9.64 Å². The number of halogens is 1. The zero-order valence-electron chi connectivity index (χ0n) is 14.1. The number of benzene rings is 2. The molecule has 25 heavy (non-hydrogen) atoms. The van der Waals surface area contributed by atoms with Gasteiger partial charge in [0.25, 0.3) is 5.91 Å². The van der Waals surface area contributed by atoms with Gasteiger partial charge in [0.15, 0.2) is 5.60 Å². The van der Waals surface area contributed by atoms with Crippen molar-refractivity contribution < 1.29 is 9.53 Å². The molecule has 4 rings (SSSR count). The van der Waals surface area contributed by atoms with Gasteiger partial charge in [-0.1, -0.05) is 54.1 Å². The van der Waals surface area contributed by atoms with Gasteiger partial charge >= 0.3 is 0 Å². The molecular weight excluding hydrogens is 334 g/mol. The molecule has 126 valence electrons. The van der Waals surface area contributed by atoms with Crippen LogP contribution in [0.3, 0.4) is 0 Å². The van der Waals surface area contributed by atoms with Crippen molar-refractivity contribution in [3.05, 3.63) is 82.4 Å². The predicted octanol–water partition coefficient (Wildman–Crippen LogP) is 4.57. The summed E-state index contributed by atoms with van der Waals surface area (Å²) in [5.74, 6) is -0.0607. The van der Waals surface area contributed by atoms with Crippen LogP contribution >= 0.6 is 11.6 Å². The highest BCUT2D eigenvalue weighted by Gasteiger charge is 2.55. The molecule has 2 aromatic rings. The highest BCUT2D eigenvalue weighted by molar-refractivity contribution is 6.30. The number of rotatable bonds is 1. The Balaban J connectivity index is 1.93. The Kier molecular flexibility index (Phi) is 3.78. The molecule has 2 aliphatic rings. The highest BCUT2D eigenvalue weighted by atomic mass is 35.5. The third kappa shape index (κ3) is 2.20. The van der Waals surface area contributed by atoms with E-state index in [1.165, 1.54) is 0 Å². The maximum atomic E-state index is 13.3. The summed E-state index contributed by atoms with van der Waals surface area (Å²) in [7, 11) is 1.80. The molecule has 2 heterocycles. The van der Waals surface area contributed by atoms with E-state index in [9.17, 15) is 4.79 Å². The number of para-hydroxylation sites is 1. The Morgan fingerprint density at radius 2 is 2.00 bits per heavy atom. The van der Waals surface area contributed by atoms with E-state index in [0.29, 0.717) is 11.6 Å². The van der Waals surface area contributed by atoms with E-state index < -0.39 is 5.60 Å². The second-order valence-corrected chi connectivity index (χ2v) is 6.64. The average molecular weight is 352 g/mol. The molecule has 4 heteroatoms. The lowest BCUT2D eigenvalue weighted by atomic mass is 9.78. The molecule has 2 aromatic carbocycles. The molecule has 3 nitrogen and oxygen atoms in total. The van der Waals surface area contributed by atoms with Crippen LogP contribution < -0.4 is 4.90 Å². The fourth-order valence-electron chi connectivity index (χ4n) is 3.84. The molecular formula is C21H18ClNO2. The van der Waals surface area contributed by atoms with Gasteiger partial charge in [0.1, 0.15) is 0 Å². The van der Waals surface area contributed by atoms with Crippen molar-refractivity contribution in [3.63, 3.8) is 0 Å². The van der Waals surface area contributed by atoms with Crippen molar-refractivity contribution >= 4 is 28.8 Å². The zero-order valence-corrected chi connectivity index (χ0v) is 14.9. The Bertz CT molecular complexity index is 931. The van der Waals surface area contributed by atoms with Gasteiger partial charge in [0.2, 0.25) is 0 Å². The Labute approximate surface area is 152 Å². The summed E-state index contributed by atoms with van der Waals surface area (Å²) in [5, 5.41) is 0.671. The lowest BCUT2D eigenvalue weighted by Crippen LogP contribution is -2.44. The monoisotopic (exact) mass is 351 g/mol. The van der Waals surface area contributed by atoms with Crippen molar-refractivity contribution in [1.82, 2.24) is 0 Å². The predicted molar refractivity (Wildman–Crippen MR) is 101 cm³/mol. The van der Waals surface area contributed by atoms with Crippen LogP contribution in [0.4, 0.5) is 5.69 Å². The Hall–Kier alpha value is -2.36. The molecule has 0 bridgehead atoms. The average Bonchev–Trinajstić information content (AvgIpc) is 2.85. The van der Waals surface area contributed by atoms with E-state index in [1.807, 2.05) is 67.6 Å². The Morgan fingerprint density at radius 1 is 1.20 bits per heavy atom. The number of carbonyl (C=O) groups is 1. The van der Waals surface area contributed by atoms with E-state index >= 15 is 0 Å². The van der Waals surface area contributed by atoms with E-state index in [2.05, 4.69) is 0 Å². The summed E-state index contributed by atoms with van der Waals surface area (Å²) in [4.78, 5) is 14.9. The number of likely N-dealkylation sites (N-methyl/N-ethyl adjacent to an activating group) is 1. The van der Waals surface area contributed by atoms with Gasteiger partial charge in [-0.25, -0.2) is 0 Å². The standard InChI is InChI=1S/C21H18ClNO2/c1-3-17-16(14-7-6-8-15(22)13-14)11-12-25-21(17)18-9-4-5-10-19(18)23(2)20(21)24/h3-11,13H,12H2,1-2H3/b17-3+. The van der Waals surface area contributed by atoms with Gasteiger partial charge in [-0.05, 0) is 36.3 Å². The van der Waals surface area contributed by atoms with Gasteiger partial charge in [0, 0.05) is 23.2 Å². The van der Waals surface area contributed by atoms with Crippen LogP contribution in [0.5, 0.6) is 0 Å². The van der Waals surface area contributed by atoms with Gasteiger partial charge in [-0.3, -0.25) is 4.79 Å². The third-order valence-corrected chi connectivity index (χ3v) is 5.17. The van der Waals surface area contributed by atoms with Crippen LogP contribution in [0.15, 0.2) is 66.3 Å². The lowest BCUT2D eigenvalue weighted by Gasteiger charge is -2.35. The number of carbonyl (C=O) groups excluding carboxylic acids is 1. The summed E-state index contributed by atoms with van der Waals surface area (Å²) in [5.41, 5.74) is 3.54. The SMILES string of the molecule is C/C=C1\C(c2cccc(Cl)c2)=CCOC12C(=O)N(C)c1ccccc12. The van der Waals surface area contributed by atoms with Crippen molar-refractivity contribution in [3.8, 4) is 0 Å². The number of fused-ring (bicyclic) bond motifs is 2. The van der Waals surface area contributed by atoms with Crippen LogP contribution in [0.1, 0.15) is 18.1 Å². The molecule has 2 aliphatic heterocycles. The summed E-state index contributed by atoms with van der Waals surface area (Å²) in [6, 6.07) is 15.5. The van der Waals surface area contributed by atoms with Crippen LogP contribution in [-0.4, -0.2) is 19.6 Å². The summed E-state index contributed by atoms with van der Waals surface area (Å²) >= 11 is 6.19. The first-order valence-electron chi connectivity index (χ1n) is 8.24. The second kappa shape index (κ2) is 5.87. The molecule has 0 saturated heterocycles. The lowest BCUT2D eigenvalue weighted by molar-refractivity contribution is -0.137. The minimum Gasteiger partial charge on any atom is -0.351 e. The molecule has 1 unspecified atom stereocenters. The van der Waals surface area contributed by atoms with Gasteiger partial charge in [-0.15, -0.1) is 0 Å². The van der Waals surface area contributed by atoms with Gasteiger partial charge in [0.05, 0.1) is 12.3 Å². The maximum Gasteiger partial charge on any atom is 0.268 e. The fourth-order valence-corrected chi connectivity index (χ4v) is 4.03. The van der Waals surface area contributed by atoms with Crippen LogP contribution in [0.2, 0.25) is 5.02 Å². The van der Waals surface area contributed by atoms with Gasteiger partial charge in [-0.2, -0.15) is 0 Å². The molecule has 0 aliphatic carbocycles. The minimum absolute atomic E-state index is 0.0607. The number of anilines is 1. The van der Waals surface area contributed by atoms with Crippen LogP contribution in [0.25, 0.3) is 5.57 Å². The first-order valence-corrected chi connectivity index (χ1v) is 8.62. The first-order chi connectivity index (χ1) is 12.1. The van der Waals surface area contributed by atoms with Crippen LogP contribution in [-0.2, 0) is 15.1 Å². The Morgan fingerprint density at radius 3 is 2.76 bits per heavy atom.